The number of aryl methyl sites for hydroxylation is 1. The number of amides is 1. The molecule has 2 heterocycles. The molecule has 0 bridgehead atoms. The van der Waals surface area contributed by atoms with Crippen molar-refractivity contribution in [2.24, 2.45) is 0 Å². The summed E-state index contributed by atoms with van der Waals surface area (Å²) in [5.41, 5.74) is 2.85. The lowest BCUT2D eigenvalue weighted by molar-refractivity contribution is 0.0730. The van der Waals surface area contributed by atoms with Crippen LogP contribution in [-0.4, -0.2) is 22.3 Å². The van der Waals surface area contributed by atoms with E-state index >= 15 is 0 Å². The summed E-state index contributed by atoms with van der Waals surface area (Å²) in [7, 11) is 0. The zero-order chi connectivity index (χ0) is 19.5. The molecule has 0 spiro atoms. The van der Waals surface area contributed by atoms with E-state index in [1.54, 1.807) is 17.5 Å². The molecule has 6 heteroatoms. The van der Waals surface area contributed by atoms with Gasteiger partial charge in [-0.05, 0) is 49.6 Å². The predicted molar refractivity (Wildman–Crippen MR) is 107 cm³/mol. The molecule has 0 unspecified atom stereocenters. The maximum atomic E-state index is 13.0. The van der Waals surface area contributed by atoms with E-state index in [0.29, 0.717) is 11.4 Å². The average molecular weight is 396 g/mol. The van der Waals surface area contributed by atoms with Crippen LogP contribution in [0.1, 0.15) is 45.5 Å². The van der Waals surface area contributed by atoms with Gasteiger partial charge in [0.1, 0.15) is 28.9 Å². The van der Waals surface area contributed by atoms with E-state index in [1.807, 2.05) is 4.90 Å². The molecule has 1 atom stereocenters. The first-order valence-electron chi connectivity index (χ1n) is 9.30. The molecule has 1 aliphatic rings. The largest absolute Gasteiger partial charge is 0.486 e. The van der Waals surface area contributed by atoms with E-state index in [2.05, 4.69) is 36.2 Å². The van der Waals surface area contributed by atoms with Gasteiger partial charge in [0.2, 0.25) is 0 Å². The number of benzene rings is 2. The topological polar surface area (TPSA) is 42.4 Å². The third kappa shape index (κ3) is 4.07. The van der Waals surface area contributed by atoms with E-state index in [0.717, 1.165) is 24.4 Å². The number of hydrogen-bond acceptors (Lipinski definition) is 4. The van der Waals surface area contributed by atoms with Crippen LogP contribution in [0.3, 0.4) is 0 Å². The summed E-state index contributed by atoms with van der Waals surface area (Å²) >= 11 is 1.40. The molecule has 2 aromatic carbocycles. The zero-order valence-electron chi connectivity index (χ0n) is 15.6. The summed E-state index contributed by atoms with van der Waals surface area (Å²) in [4.78, 5) is 19.4. The molecule has 1 aromatic heterocycles. The molecule has 4 rings (SSSR count). The smallest absolute Gasteiger partial charge is 0.273 e. The van der Waals surface area contributed by atoms with Crippen molar-refractivity contribution in [2.45, 2.75) is 32.4 Å². The highest BCUT2D eigenvalue weighted by molar-refractivity contribution is 7.09. The van der Waals surface area contributed by atoms with Gasteiger partial charge in [0, 0.05) is 11.9 Å². The highest BCUT2D eigenvalue weighted by Crippen LogP contribution is 2.33. The van der Waals surface area contributed by atoms with Crippen LogP contribution in [-0.2, 0) is 6.61 Å². The number of thiazole rings is 1. The Kier molecular flexibility index (Phi) is 5.39. The Hall–Kier alpha value is -2.73. The van der Waals surface area contributed by atoms with Crippen molar-refractivity contribution in [3.05, 3.63) is 81.6 Å². The lowest BCUT2D eigenvalue weighted by Crippen LogP contribution is -2.30. The first-order valence-corrected chi connectivity index (χ1v) is 10.2. The van der Waals surface area contributed by atoms with Crippen LogP contribution in [0.4, 0.5) is 4.39 Å². The van der Waals surface area contributed by atoms with Gasteiger partial charge >= 0.3 is 0 Å². The van der Waals surface area contributed by atoms with E-state index in [1.165, 1.54) is 34.6 Å². The number of carbonyl (C=O) groups is 1. The SMILES string of the molecule is Cc1ccc([C@H]2CCCN2C(=O)c2csc(COc3ccc(F)cc3)n2)cc1. The second-order valence-electron chi connectivity index (χ2n) is 6.94. The van der Waals surface area contributed by atoms with Crippen LogP contribution in [0, 0.1) is 12.7 Å². The fourth-order valence-corrected chi connectivity index (χ4v) is 4.12. The number of halogens is 1. The average Bonchev–Trinajstić information content (AvgIpc) is 3.37. The summed E-state index contributed by atoms with van der Waals surface area (Å²) in [5.74, 6) is 0.235. The van der Waals surface area contributed by atoms with Crippen LogP contribution in [0.2, 0.25) is 0 Å². The summed E-state index contributed by atoms with van der Waals surface area (Å²) in [6.07, 6.45) is 1.97. The van der Waals surface area contributed by atoms with Gasteiger partial charge in [-0.3, -0.25) is 4.79 Å². The Morgan fingerprint density at radius 3 is 2.71 bits per heavy atom. The summed E-state index contributed by atoms with van der Waals surface area (Å²) in [6.45, 7) is 3.06. The van der Waals surface area contributed by atoms with E-state index in [-0.39, 0.29) is 24.4 Å². The monoisotopic (exact) mass is 396 g/mol. The molecule has 0 radical (unpaired) electrons. The molecular weight excluding hydrogens is 375 g/mol. The number of rotatable bonds is 5. The Morgan fingerprint density at radius 1 is 1.21 bits per heavy atom. The number of aromatic nitrogens is 1. The molecule has 4 nitrogen and oxygen atoms in total. The Labute approximate surface area is 167 Å². The van der Waals surface area contributed by atoms with Gasteiger partial charge in [0.05, 0.1) is 6.04 Å². The van der Waals surface area contributed by atoms with E-state index in [9.17, 15) is 9.18 Å². The first-order chi connectivity index (χ1) is 13.6. The third-order valence-electron chi connectivity index (χ3n) is 4.92. The third-order valence-corrected chi connectivity index (χ3v) is 5.74. The summed E-state index contributed by atoms with van der Waals surface area (Å²) < 4.78 is 18.6. The van der Waals surface area contributed by atoms with Crippen molar-refractivity contribution < 1.29 is 13.9 Å². The summed E-state index contributed by atoms with van der Waals surface area (Å²) in [6, 6.07) is 14.3. The van der Waals surface area contributed by atoms with Crippen molar-refractivity contribution in [1.29, 1.82) is 0 Å². The number of nitrogens with zero attached hydrogens (tertiary/aromatic N) is 2. The van der Waals surface area contributed by atoms with E-state index < -0.39 is 0 Å². The van der Waals surface area contributed by atoms with Gasteiger partial charge in [-0.15, -0.1) is 11.3 Å². The lowest BCUT2D eigenvalue weighted by Gasteiger charge is -2.24. The zero-order valence-corrected chi connectivity index (χ0v) is 16.4. The van der Waals surface area contributed by atoms with Crippen LogP contribution in [0.5, 0.6) is 5.75 Å². The van der Waals surface area contributed by atoms with Crippen LogP contribution >= 0.6 is 11.3 Å². The molecule has 1 fully saturated rings. The van der Waals surface area contributed by atoms with Gasteiger partial charge in [0.15, 0.2) is 0 Å². The molecule has 28 heavy (non-hydrogen) atoms. The second kappa shape index (κ2) is 8.10. The molecule has 1 aliphatic heterocycles. The van der Waals surface area contributed by atoms with Gasteiger partial charge < -0.3 is 9.64 Å². The predicted octanol–water partition coefficient (Wildman–Crippen LogP) is 5.15. The Bertz CT molecular complexity index is 953. The highest BCUT2D eigenvalue weighted by Gasteiger charge is 2.31. The van der Waals surface area contributed by atoms with Crippen molar-refractivity contribution in [3.63, 3.8) is 0 Å². The van der Waals surface area contributed by atoms with Crippen LogP contribution < -0.4 is 4.74 Å². The molecule has 1 saturated heterocycles. The summed E-state index contributed by atoms with van der Waals surface area (Å²) in [5, 5.41) is 2.51. The minimum absolute atomic E-state index is 0.0349. The first kappa shape index (κ1) is 18.6. The van der Waals surface area contributed by atoms with Crippen molar-refractivity contribution >= 4 is 17.2 Å². The highest BCUT2D eigenvalue weighted by atomic mass is 32.1. The van der Waals surface area contributed by atoms with E-state index in [4.69, 9.17) is 4.74 Å². The maximum absolute atomic E-state index is 13.0. The molecular formula is C22H21FN2O2S. The lowest BCUT2D eigenvalue weighted by atomic mass is 10.0. The Morgan fingerprint density at radius 2 is 1.96 bits per heavy atom. The maximum Gasteiger partial charge on any atom is 0.273 e. The molecule has 3 aromatic rings. The minimum Gasteiger partial charge on any atom is -0.486 e. The molecule has 0 aliphatic carbocycles. The Balaban J connectivity index is 1.43. The van der Waals surface area contributed by atoms with Gasteiger partial charge in [0.25, 0.3) is 5.91 Å². The molecule has 0 saturated carbocycles. The normalized spacial score (nSPS) is 16.4. The van der Waals surface area contributed by atoms with Crippen molar-refractivity contribution in [1.82, 2.24) is 9.88 Å². The number of hydrogen-bond donors (Lipinski definition) is 0. The molecule has 0 N–H and O–H groups in total. The number of carbonyl (C=O) groups excluding carboxylic acids is 1. The molecule has 144 valence electrons. The fraction of sp³-hybridized carbons (Fsp3) is 0.273. The van der Waals surface area contributed by atoms with Crippen molar-refractivity contribution in [3.8, 4) is 5.75 Å². The fourth-order valence-electron chi connectivity index (χ4n) is 3.44. The molecule has 1 amide bonds. The van der Waals surface area contributed by atoms with Gasteiger partial charge in [-0.1, -0.05) is 29.8 Å². The van der Waals surface area contributed by atoms with Crippen LogP contribution in [0.25, 0.3) is 0 Å². The standard InChI is InChI=1S/C22H21FN2O2S/c1-15-4-6-16(7-5-15)20-3-2-12-25(20)22(26)19-14-28-21(24-19)13-27-18-10-8-17(23)9-11-18/h4-11,14,20H,2-3,12-13H2,1H3/t20-/m1/s1. The number of ether oxygens (including phenoxy) is 1. The number of likely N-dealkylation sites (tertiary alicyclic amines) is 1. The quantitative estimate of drug-likeness (QED) is 0.599. The minimum atomic E-state index is -0.303. The van der Waals surface area contributed by atoms with Gasteiger partial charge in [-0.25, -0.2) is 9.37 Å². The van der Waals surface area contributed by atoms with Crippen LogP contribution in [0.15, 0.2) is 53.9 Å². The van der Waals surface area contributed by atoms with Gasteiger partial charge in [-0.2, -0.15) is 0 Å². The van der Waals surface area contributed by atoms with Crippen molar-refractivity contribution in [2.75, 3.05) is 6.54 Å². The second-order valence-corrected chi connectivity index (χ2v) is 7.88.